The van der Waals surface area contributed by atoms with Crippen molar-refractivity contribution in [1.82, 2.24) is 19.4 Å². The summed E-state index contributed by atoms with van der Waals surface area (Å²) < 4.78 is 28.0. The SMILES string of the molecule is CCCn1c(=O)[nH]c(=O)c2cc(C(=O)N(C)C(C)c3ccc(F)c(F)c3)cnc21. The van der Waals surface area contributed by atoms with Crippen molar-refractivity contribution in [2.75, 3.05) is 7.05 Å². The Labute approximate surface area is 164 Å². The Morgan fingerprint density at radius 1 is 1.24 bits per heavy atom. The van der Waals surface area contributed by atoms with Crippen molar-refractivity contribution in [1.29, 1.82) is 0 Å². The van der Waals surface area contributed by atoms with Gasteiger partial charge in [-0.15, -0.1) is 0 Å². The number of aromatic nitrogens is 3. The summed E-state index contributed by atoms with van der Waals surface area (Å²) >= 11 is 0. The molecule has 152 valence electrons. The van der Waals surface area contributed by atoms with Crippen molar-refractivity contribution in [3.05, 3.63) is 74.1 Å². The van der Waals surface area contributed by atoms with Crippen molar-refractivity contribution < 1.29 is 13.6 Å². The highest BCUT2D eigenvalue weighted by Gasteiger charge is 2.21. The molecule has 1 aromatic carbocycles. The minimum Gasteiger partial charge on any atom is -0.335 e. The van der Waals surface area contributed by atoms with Gasteiger partial charge in [-0.3, -0.25) is 19.1 Å². The molecule has 3 aromatic rings. The first kappa shape index (κ1) is 20.4. The van der Waals surface area contributed by atoms with Crippen LogP contribution in [0.25, 0.3) is 11.0 Å². The van der Waals surface area contributed by atoms with Crippen molar-refractivity contribution in [3.8, 4) is 0 Å². The quantitative estimate of drug-likeness (QED) is 0.711. The number of aryl methyl sites for hydroxylation is 1. The number of carbonyl (C=O) groups is 1. The zero-order chi connectivity index (χ0) is 21.3. The molecule has 1 N–H and O–H groups in total. The Kier molecular flexibility index (Phi) is 5.58. The Bertz CT molecular complexity index is 1200. The average molecular weight is 402 g/mol. The highest BCUT2D eigenvalue weighted by molar-refractivity contribution is 5.96. The fraction of sp³-hybridized carbons (Fsp3) is 0.300. The van der Waals surface area contributed by atoms with Crippen molar-refractivity contribution in [2.45, 2.75) is 32.9 Å². The number of hydrogen-bond donors (Lipinski definition) is 1. The van der Waals surface area contributed by atoms with Crippen LogP contribution < -0.4 is 11.2 Å². The Morgan fingerprint density at radius 2 is 1.97 bits per heavy atom. The summed E-state index contributed by atoms with van der Waals surface area (Å²) in [5.74, 6) is -2.42. The Balaban J connectivity index is 1.99. The predicted molar refractivity (Wildman–Crippen MR) is 104 cm³/mol. The molecule has 3 rings (SSSR count). The van der Waals surface area contributed by atoms with Crippen LogP contribution in [0.3, 0.4) is 0 Å². The number of benzene rings is 1. The summed E-state index contributed by atoms with van der Waals surface area (Å²) in [6.07, 6.45) is 1.96. The van der Waals surface area contributed by atoms with Crippen LogP contribution in [-0.2, 0) is 6.54 Å². The van der Waals surface area contributed by atoms with E-state index in [1.807, 2.05) is 6.92 Å². The third kappa shape index (κ3) is 3.80. The normalized spacial score (nSPS) is 12.2. The van der Waals surface area contributed by atoms with Crippen LogP contribution in [0.1, 0.15) is 42.2 Å². The van der Waals surface area contributed by atoms with E-state index in [9.17, 15) is 23.2 Å². The standard InChI is InChI=1S/C20H20F2N4O3/c1-4-7-26-17-14(18(27)24-20(26)29)8-13(10-23-17)19(28)25(3)11(2)12-5-6-15(21)16(22)9-12/h5-6,8-11H,4,7H2,1-3H3,(H,24,27,29). The molecule has 0 aliphatic carbocycles. The maximum atomic E-state index is 13.5. The molecule has 0 bridgehead atoms. The van der Waals surface area contributed by atoms with Gasteiger partial charge < -0.3 is 4.90 Å². The number of H-pyrrole nitrogens is 1. The highest BCUT2D eigenvalue weighted by Crippen LogP contribution is 2.23. The van der Waals surface area contributed by atoms with Crippen molar-refractivity contribution in [2.24, 2.45) is 0 Å². The van der Waals surface area contributed by atoms with Gasteiger partial charge >= 0.3 is 5.69 Å². The fourth-order valence-corrected chi connectivity index (χ4v) is 3.09. The van der Waals surface area contributed by atoms with Gasteiger partial charge in [0.05, 0.1) is 17.0 Å². The van der Waals surface area contributed by atoms with Gasteiger partial charge in [-0.2, -0.15) is 0 Å². The van der Waals surface area contributed by atoms with Crippen LogP contribution in [-0.4, -0.2) is 32.4 Å². The van der Waals surface area contributed by atoms with Crippen LogP contribution in [0.5, 0.6) is 0 Å². The number of rotatable bonds is 5. The van der Waals surface area contributed by atoms with Gasteiger partial charge in [-0.05, 0) is 37.1 Å². The van der Waals surface area contributed by atoms with E-state index in [0.29, 0.717) is 18.5 Å². The van der Waals surface area contributed by atoms with E-state index >= 15 is 0 Å². The van der Waals surface area contributed by atoms with Gasteiger partial charge in [-0.1, -0.05) is 13.0 Å². The molecule has 0 fully saturated rings. The number of nitrogens with zero attached hydrogens (tertiary/aromatic N) is 3. The number of amides is 1. The molecule has 2 aromatic heterocycles. The minimum atomic E-state index is -0.997. The topological polar surface area (TPSA) is 88.1 Å². The van der Waals surface area contributed by atoms with E-state index in [-0.39, 0.29) is 16.6 Å². The second-order valence-corrected chi connectivity index (χ2v) is 6.77. The summed E-state index contributed by atoms with van der Waals surface area (Å²) in [7, 11) is 1.51. The smallest absolute Gasteiger partial charge is 0.329 e. The third-order valence-electron chi connectivity index (χ3n) is 4.85. The monoisotopic (exact) mass is 402 g/mol. The highest BCUT2D eigenvalue weighted by atomic mass is 19.2. The molecular weight excluding hydrogens is 382 g/mol. The van der Waals surface area contributed by atoms with Crippen LogP contribution in [0.4, 0.5) is 8.78 Å². The Morgan fingerprint density at radius 3 is 2.62 bits per heavy atom. The first-order valence-electron chi connectivity index (χ1n) is 9.09. The molecule has 29 heavy (non-hydrogen) atoms. The van der Waals surface area contributed by atoms with E-state index < -0.39 is 34.8 Å². The zero-order valence-electron chi connectivity index (χ0n) is 16.2. The zero-order valence-corrected chi connectivity index (χ0v) is 16.2. The third-order valence-corrected chi connectivity index (χ3v) is 4.85. The lowest BCUT2D eigenvalue weighted by Gasteiger charge is -2.25. The lowest BCUT2D eigenvalue weighted by atomic mass is 10.1. The van der Waals surface area contributed by atoms with Crippen LogP contribution in [0.15, 0.2) is 40.1 Å². The van der Waals surface area contributed by atoms with Gasteiger partial charge in [0.15, 0.2) is 11.6 Å². The predicted octanol–water partition coefficient (Wildman–Crippen LogP) is 2.61. The summed E-state index contributed by atoms with van der Waals surface area (Å²) in [4.78, 5) is 44.8. The number of pyridine rings is 1. The maximum Gasteiger partial charge on any atom is 0.329 e. The molecule has 0 aliphatic rings. The number of nitrogens with one attached hydrogen (secondary N) is 1. The molecule has 0 aliphatic heterocycles. The molecule has 1 amide bonds. The summed E-state index contributed by atoms with van der Waals surface area (Å²) in [5.41, 5.74) is -0.422. The summed E-state index contributed by atoms with van der Waals surface area (Å²) in [5, 5.41) is 0.123. The first-order valence-corrected chi connectivity index (χ1v) is 9.09. The van der Waals surface area contributed by atoms with Gasteiger partial charge in [0, 0.05) is 19.8 Å². The molecule has 1 unspecified atom stereocenters. The molecule has 7 nitrogen and oxygen atoms in total. The maximum absolute atomic E-state index is 13.5. The van der Waals surface area contributed by atoms with Crippen LogP contribution in [0.2, 0.25) is 0 Å². The molecule has 1 atom stereocenters. The number of aromatic amines is 1. The van der Waals surface area contributed by atoms with E-state index in [0.717, 1.165) is 12.1 Å². The molecule has 0 saturated heterocycles. The summed E-state index contributed by atoms with van der Waals surface area (Å²) in [6.45, 7) is 3.93. The molecule has 9 heteroatoms. The van der Waals surface area contributed by atoms with E-state index in [4.69, 9.17) is 0 Å². The molecule has 0 saturated carbocycles. The lowest BCUT2D eigenvalue weighted by Crippen LogP contribution is -2.32. The molecular formula is C20H20F2N4O3. The fourth-order valence-electron chi connectivity index (χ4n) is 3.09. The minimum absolute atomic E-state index is 0.123. The van der Waals surface area contributed by atoms with Crippen LogP contribution in [0, 0.1) is 11.6 Å². The van der Waals surface area contributed by atoms with Crippen molar-refractivity contribution in [3.63, 3.8) is 0 Å². The van der Waals surface area contributed by atoms with Gasteiger partial charge in [-0.25, -0.2) is 18.6 Å². The second-order valence-electron chi connectivity index (χ2n) is 6.77. The lowest BCUT2D eigenvalue weighted by molar-refractivity contribution is 0.0742. The van der Waals surface area contributed by atoms with Gasteiger partial charge in [0.25, 0.3) is 11.5 Å². The Hall–Kier alpha value is -3.36. The molecule has 2 heterocycles. The van der Waals surface area contributed by atoms with E-state index in [1.165, 1.54) is 34.8 Å². The second kappa shape index (κ2) is 7.94. The first-order chi connectivity index (χ1) is 13.7. The van der Waals surface area contributed by atoms with E-state index in [1.54, 1.807) is 6.92 Å². The van der Waals surface area contributed by atoms with Gasteiger partial charge in [0.2, 0.25) is 0 Å². The number of carbonyl (C=O) groups excluding carboxylic acids is 1. The van der Waals surface area contributed by atoms with Crippen LogP contribution >= 0.6 is 0 Å². The summed E-state index contributed by atoms with van der Waals surface area (Å²) in [6, 6.07) is 4.27. The average Bonchev–Trinajstić information content (AvgIpc) is 2.71. The molecule has 0 radical (unpaired) electrons. The number of fused-ring (bicyclic) bond motifs is 1. The number of halogens is 2. The van der Waals surface area contributed by atoms with Gasteiger partial charge in [0.1, 0.15) is 5.65 Å². The molecule has 0 spiro atoms. The largest absolute Gasteiger partial charge is 0.335 e. The van der Waals surface area contributed by atoms with E-state index in [2.05, 4.69) is 9.97 Å². The number of hydrogen-bond acceptors (Lipinski definition) is 4. The van der Waals surface area contributed by atoms with Crippen molar-refractivity contribution >= 4 is 16.9 Å².